The molecule has 18 heavy (non-hydrogen) atoms. The van der Waals surface area contributed by atoms with Crippen LogP contribution in [0.4, 0.5) is 5.69 Å². The van der Waals surface area contributed by atoms with Gasteiger partial charge < -0.3 is 10.2 Å². The van der Waals surface area contributed by atoms with Crippen LogP contribution in [0.15, 0.2) is 12.1 Å². The van der Waals surface area contributed by atoms with Crippen LogP contribution in [-0.2, 0) is 0 Å². The van der Waals surface area contributed by atoms with Gasteiger partial charge in [0.15, 0.2) is 0 Å². The molecular weight excluding hydrogens is 220 g/mol. The van der Waals surface area contributed by atoms with Gasteiger partial charge in [0.1, 0.15) is 0 Å². The van der Waals surface area contributed by atoms with Crippen molar-refractivity contribution in [2.24, 2.45) is 5.92 Å². The van der Waals surface area contributed by atoms with Gasteiger partial charge in [-0.1, -0.05) is 19.4 Å². The summed E-state index contributed by atoms with van der Waals surface area (Å²) < 4.78 is 0. The average molecular weight is 248 g/mol. The second-order valence-corrected chi connectivity index (χ2v) is 5.36. The maximum absolute atomic E-state index is 3.28. The fraction of sp³-hybridized carbons (Fsp3) is 0.625. The minimum absolute atomic E-state index is 0.709. The maximum atomic E-state index is 3.28. The van der Waals surface area contributed by atoms with Crippen LogP contribution in [-0.4, -0.2) is 27.2 Å². The molecule has 0 amide bonds. The van der Waals surface area contributed by atoms with Crippen molar-refractivity contribution >= 4 is 5.69 Å². The number of aryl methyl sites for hydroxylation is 1. The highest BCUT2D eigenvalue weighted by atomic mass is 15.1. The third-order valence-electron chi connectivity index (χ3n) is 4.04. The SMILES string of the molecule is CCC(CNC)CN(C)c1ccc(C)c(C)c1C. The Morgan fingerprint density at radius 1 is 1.17 bits per heavy atom. The molecule has 1 unspecified atom stereocenters. The lowest BCUT2D eigenvalue weighted by atomic mass is 10.0. The normalized spacial score (nSPS) is 12.6. The molecule has 0 aliphatic carbocycles. The van der Waals surface area contributed by atoms with Gasteiger partial charge in [0, 0.05) is 19.3 Å². The Balaban J connectivity index is 2.84. The molecule has 102 valence electrons. The first-order valence-electron chi connectivity index (χ1n) is 6.93. The summed E-state index contributed by atoms with van der Waals surface area (Å²) in [7, 11) is 4.24. The van der Waals surface area contributed by atoms with Crippen molar-refractivity contribution in [2.45, 2.75) is 34.1 Å². The predicted molar refractivity (Wildman–Crippen MR) is 81.6 cm³/mol. The molecular formula is C16H28N2. The second kappa shape index (κ2) is 6.79. The molecule has 0 fully saturated rings. The van der Waals surface area contributed by atoms with Crippen LogP contribution >= 0.6 is 0 Å². The zero-order valence-corrected chi connectivity index (χ0v) is 12.8. The summed E-state index contributed by atoms with van der Waals surface area (Å²) in [5.74, 6) is 0.709. The monoisotopic (exact) mass is 248 g/mol. The molecule has 1 atom stereocenters. The van der Waals surface area contributed by atoms with Crippen molar-refractivity contribution in [3.8, 4) is 0 Å². The summed E-state index contributed by atoms with van der Waals surface area (Å²) in [6.07, 6.45) is 1.22. The fourth-order valence-electron chi connectivity index (χ4n) is 2.47. The quantitative estimate of drug-likeness (QED) is 0.831. The van der Waals surface area contributed by atoms with Gasteiger partial charge in [0.05, 0.1) is 0 Å². The highest BCUT2D eigenvalue weighted by Crippen LogP contribution is 2.25. The molecule has 0 radical (unpaired) electrons. The molecule has 2 nitrogen and oxygen atoms in total. The van der Waals surface area contributed by atoms with E-state index in [2.05, 4.69) is 57.1 Å². The maximum Gasteiger partial charge on any atom is 0.0396 e. The lowest BCUT2D eigenvalue weighted by Gasteiger charge is -2.27. The molecule has 0 saturated heterocycles. The average Bonchev–Trinajstić information content (AvgIpc) is 2.35. The number of benzene rings is 1. The molecule has 0 aliphatic heterocycles. The van der Waals surface area contributed by atoms with Gasteiger partial charge in [0.2, 0.25) is 0 Å². The molecule has 2 heteroatoms. The zero-order chi connectivity index (χ0) is 13.7. The summed E-state index contributed by atoms with van der Waals surface area (Å²) in [5, 5.41) is 3.28. The van der Waals surface area contributed by atoms with Gasteiger partial charge in [-0.2, -0.15) is 0 Å². The Morgan fingerprint density at radius 2 is 1.83 bits per heavy atom. The van der Waals surface area contributed by atoms with E-state index >= 15 is 0 Å². The van der Waals surface area contributed by atoms with Crippen molar-refractivity contribution in [3.63, 3.8) is 0 Å². The second-order valence-electron chi connectivity index (χ2n) is 5.36. The van der Waals surface area contributed by atoms with E-state index in [1.165, 1.54) is 28.8 Å². The molecule has 0 aromatic heterocycles. The van der Waals surface area contributed by atoms with E-state index in [4.69, 9.17) is 0 Å². The van der Waals surface area contributed by atoms with E-state index in [-0.39, 0.29) is 0 Å². The summed E-state index contributed by atoms with van der Waals surface area (Å²) in [4.78, 5) is 2.40. The van der Waals surface area contributed by atoms with Gasteiger partial charge in [-0.25, -0.2) is 0 Å². The molecule has 1 aromatic carbocycles. The Kier molecular flexibility index (Phi) is 5.67. The number of hydrogen-bond acceptors (Lipinski definition) is 2. The van der Waals surface area contributed by atoms with Crippen LogP contribution in [0.2, 0.25) is 0 Å². The third kappa shape index (κ3) is 3.49. The molecule has 1 rings (SSSR count). The Labute approximate surface area is 112 Å². The number of rotatable bonds is 6. The summed E-state index contributed by atoms with van der Waals surface area (Å²) in [6.45, 7) is 11.1. The topological polar surface area (TPSA) is 15.3 Å². The molecule has 0 spiro atoms. The van der Waals surface area contributed by atoms with Gasteiger partial charge >= 0.3 is 0 Å². The Morgan fingerprint density at radius 3 is 2.39 bits per heavy atom. The molecule has 0 heterocycles. The largest absolute Gasteiger partial charge is 0.374 e. The van der Waals surface area contributed by atoms with E-state index in [1.807, 2.05) is 7.05 Å². The molecule has 0 aliphatic rings. The number of nitrogens with zero attached hydrogens (tertiary/aromatic N) is 1. The third-order valence-corrected chi connectivity index (χ3v) is 4.04. The van der Waals surface area contributed by atoms with Crippen molar-refractivity contribution in [1.29, 1.82) is 0 Å². The lowest BCUT2D eigenvalue weighted by Crippen LogP contribution is -2.31. The number of anilines is 1. The van der Waals surface area contributed by atoms with Crippen molar-refractivity contribution in [1.82, 2.24) is 5.32 Å². The van der Waals surface area contributed by atoms with Crippen LogP contribution < -0.4 is 10.2 Å². The van der Waals surface area contributed by atoms with Crippen LogP contribution in [0, 0.1) is 26.7 Å². The van der Waals surface area contributed by atoms with E-state index < -0.39 is 0 Å². The summed E-state index contributed by atoms with van der Waals surface area (Å²) in [6, 6.07) is 4.48. The van der Waals surface area contributed by atoms with E-state index in [0.29, 0.717) is 5.92 Å². The van der Waals surface area contributed by atoms with Crippen molar-refractivity contribution in [2.75, 3.05) is 32.1 Å². The van der Waals surface area contributed by atoms with Crippen LogP contribution in [0.25, 0.3) is 0 Å². The Bertz CT molecular complexity index is 385. The van der Waals surface area contributed by atoms with Gasteiger partial charge in [-0.15, -0.1) is 0 Å². The fourth-order valence-corrected chi connectivity index (χ4v) is 2.47. The molecule has 1 N–H and O–H groups in total. The zero-order valence-electron chi connectivity index (χ0n) is 12.8. The van der Waals surface area contributed by atoms with Crippen LogP contribution in [0.5, 0.6) is 0 Å². The predicted octanol–water partition coefficient (Wildman–Crippen LogP) is 3.29. The molecule has 0 bridgehead atoms. The van der Waals surface area contributed by atoms with E-state index in [0.717, 1.165) is 13.1 Å². The van der Waals surface area contributed by atoms with Gasteiger partial charge in [0.25, 0.3) is 0 Å². The van der Waals surface area contributed by atoms with Gasteiger partial charge in [-0.05, 0) is 63.0 Å². The minimum atomic E-state index is 0.709. The minimum Gasteiger partial charge on any atom is -0.374 e. The smallest absolute Gasteiger partial charge is 0.0396 e. The summed E-state index contributed by atoms with van der Waals surface area (Å²) in [5.41, 5.74) is 5.58. The van der Waals surface area contributed by atoms with Crippen LogP contribution in [0.3, 0.4) is 0 Å². The first-order valence-corrected chi connectivity index (χ1v) is 6.93. The first-order chi connectivity index (χ1) is 8.51. The highest BCUT2D eigenvalue weighted by Gasteiger charge is 2.12. The van der Waals surface area contributed by atoms with E-state index in [9.17, 15) is 0 Å². The molecule has 1 aromatic rings. The summed E-state index contributed by atoms with van der Waals surface area (Å²) >= 11 is 0. The van der Waals surface area contributed by atoms with Crippen molar-refractivity contribution < 1.29 is 0 Å². The van der Waals surface area contributed by atoms with E-state index in [1.54, 1.807) is 0 Å². The first kappa shape index (κ1) is 15.0. The van der Waals surface area contributed by atoms with Crippen LogP contribution in [0.1, 0.15) is 30.0 Å². The van der Waals surface area contributed by atoms with Crippen molar-refractivity contribution in [3.05, 3.63) is 28.8 Å². The lowest BCUT2D eigenvalue weighted by molar-refractivity contribution is 0.484. The highest BCUT2D eigenvalue weighted by molar-refractivity contribution is 5.57. The Hall–Kier alpha value is -1.02. The number of nitrogens with one attached hydrogen (secondary N) is 1. The number of hydrogen-bond donors (Lipinski definition) is 1. The van der Waals surface area contributed by atoms with Gasteiger partial charge in [-0.3, -0.25) is 0 Å². The standard InChI is InChI=1S/C16H28N2/c1-7-15(10-17-5)11-18(6)16-9-8-12(2)13(3)14(16)4/h8-9,15,17H,7,10-11H2,1-6H3. The molecule has 0 saturated carbocycles.